The topological polar surface area (TPSA) is 9.23 Å². The van der Waals surface area contributed by atoms with Crippen molar-refractivity contribution in [3.8, 4) is 5.75 Å². The zero-order valence-electron chi connectivity index (χ0n) is 9.33. The van der Waals surface area contributed by atoms with Crippen LogP contribution in [0.25, 0.3) is 0 Å². The van der Waals surface area contributed by atoms with Crippen molar-refractivity contribution in [2.75, 3.05) is 12.5 Å². The Balaban J connectivity index is 2.52. The first-order chi connectivity index (χ1) is 6.51. The van der Waals surface area contributed by atoms with Gasteiger partial charge in [-0.3, -0.25) is 0 Å². The lowest BCUT2D eigenvalue weighted by molar-refractivity contribution is 0.414. The number of thioether (sulfide) groups is 1. The molecule has 0 bridgehead atoms. The minimum absolute atomic E-state index is 0.930. The molecule has 0 spiro atoms. The molecule has 1 rings (SSSR count). The number of hydrogen-bond donors (Lipinski definition) is 0. The van der Waals surface area contributed by atoms with Gasteiger partial charge >= 0.3 is 0 Å². The van der Waals surface area contributed by atoms with Gasteiger partial charge in [0.1, 0.15) is 5.75 Å². The van der Waals surface area contributed by atoms with Crippen molar-refractivity contribution in [3.63, 3.8) is 0 Å². The predicted octanol–water partition coefficient (Wildman–Crippen LogP) is 3.66. The van der Waals surface area contributed by atoms with Gasteiger partial charge < -0.3 is 4.74 Å². The number of ether oxygens (including phenoxy) is 1. The highest BCUT2D eigenvalue weighted by atomic mass is 32.2. The fourth-order valence-corrected chi connectivity index (χ4v) is 3.70. The van der Waals surface area contributed by atoms with Crippen LogP contribution in [0.15, 0.2) is 29.2 Å². The van der Waals surface area contributed by atoms with Crippen molar-refractivity contribution in [1.82, 2.24) is 0 Å². The average molecular weight is 226 g/mol. The molecule has 0 N–H and O–H groups in total. The fourth-order valence-electron chi connectivity index (χ4n) is 0.972. The number of hydrogen-bond acceptors (Lipinski definition) is 2. The molecule has 0 unspecified atom stereocenters. The zero-order valence-corrected chi connectivity index (χ0v) is 11.1. The highest BCUT2D eigenvalue weighted by Crippen LogP contribution is 2.23. The number of rotatable bonds is 4. The van der Waals surface area contributed by atoms with Crippen LogP contribution >= 0.6 is 11.8 Å². The van der Waals surface area contributed by atoms with Crippen molar-refractivity contribution in [3.05, 3.63) is 24.3 Å². The Kier molecular flexibility index (Phi) is 4.07. The van der Waals surface area contributed by atoms with Crippen molar-refractivity contribution in [2.24, 2.45) is 0 Å². The van der Waals surface area contributed by atoms with E-state index in [1.165, 1.54) is 10.3 Å². The third-order valence-electron chi connectivity index (χ3n) is 1.73. The Morgan fingerprint density at radius 1 is 1.14 bits per heavy atom. The highest BCUT2D eigenvalue weighted by molar-refractivity contribution is 8.01. The van der Waals surface area contributed by atoms with E-state index in [4.69, 9.17) is 4.74 Å². The molecule has 1 aromatic carbocycles. The maximum atomic E-state index is 5.11. The van der Waals surface area contributed by atoms with Crippen LogP contribution < -0.4 is 4.74 Å². The van der Waals surface area contributed by atoms with Gasteiger partial charge in [0.15, 0.2) is 0 Å². The Hall–Kier alpha value is -0.413. The third kappa shape index (κ3) is 4.20. The van der Waals surface area contributed by atoms with Gasteiger partial charge in [0.25, 0.3) is 0 Å². The van der Waals surface area contributed by atoms with Crippen molar-refractivity contribution in [1.29, 1.82) is 0 Å². The summed E-state index contributed by atoms with van der Waals surface area (Å²) < 4.78 is 5.11. The van der Waals surface area contributed by atoms with Crippen LogP contribution in [-0.2, 0) is 0 Å². The molecule has 1 nitrogen and oxygen atoms in total. The van der Waals surface area contributed by atoms with E-state index in [0.29, 0.717) is 0 Å². The average Bonchev–Trinajstić information content (AvgIpc) is 2.14. The van der Waals surface area contributed by atoms with Gasteiger partial charge in [-0.1, -0.05) is 19.6 Å². The van der Waals surface area contributed by atoms with E-state index >= 15 is 0 Å². The number of benzene rings is 1. The Labute approximate surface area is 91.9 Å². The summed E-state index contributed by atoms with van der Waals surface area (Å²) >= 11 is 1.95. The Morgan fingerprint density at radius 2 is 1.71 bits per heavy atom. The van der Waals surface area contributed by atoms with E-state index in [1.54, 1.807) is 7.11 Å². The molecule has 0 radical (unpaired) electrons. The van der Waals surface area contributed by atoms with E-state index < -0.39 is 8.07 Å². The summed E-state index contributed by atoms with van der Waals surface area (Å²) in [7, 11) is 0.768. The molecule has 0 fully saturated rings. The van der Waals surface area contributed by atoms with Crippen LogP contribution in [0.1, 0.15) is 0 Å². The summed E-state index contributed by atoms with van der Waals surface area (Å²) in [6.45, 7) is 7.18. The van der Waals surface area contributed by atoms with Crippen LogP contribution in [0.2, 0.25) is 19.6 Å². The minimum Gasteiger partial charge on any atom is -0.497 e. The van der Waals surface area contributed by atoms with Crippen LogP contribution in [0.4, 0.5) is 0 Å². The van der Waals surface area contributed by atoms with Crippen LogP contribution in [0.5, 0.6) is 5.75 Å². The maximum Gasteiger partial charge on any atom is 0.118 e. The van der Waals surface area contributed by atoms with E-state index in [1.807, 2.05) is 23.9 Å². The van der Waals surface area contributed by atoms with Gasteiger partial charge in [0.2, 0.25) is 0 Å². The molecule has 0 aliphatic carbocycles. The molecule has 14 heavy (non-hydrogen) atoms. The van der Waals surface area contributed by atoms with Crippen LogP contribution in [0, 0.1) is 0 Å². The maximum absolute atomic E-state index is 5.11. The monoisotopic (exact) mass is 226 g/mol. The lowest BCUT2D eigenvalue weighted by Gasteiger charge is -2.14. The van der Waals surface area contributed by atoms with Gasteiger partial charge in [-0.15, -0.1) is 11.8 Å². The summed E-state index contributed by atoms with van der Waals surface area (Å²) in [5, 5.41) is 1.28. The second-order valence-corrected chi connectivity index (χ2v) is 11.6. The Bertz CT molecular complexity index is 276. The first kappa shape index (κ1) is 11.7. The van der Waals surface area contributed by atoms with E-state index in [9.17, 15) is 0 Å². The van der Waals surface area contributed by atoms with Gasteiger partial charge in [-0.2, -0.15) is 0 Å². The molecular weight excluding hydrogens is 208 g/mol. The second-order valence-electron chi connectivity index (χ2n) is 4.52. The molecule has 1 aromatic rings. The summed E-state index contributed by atoms with van der Waals surface area (Å²) in [6.07, 6.45) is 0. The van der Waals surface area contributed by atoms with Crippen molar-refractivity contribution >= 4 is 19.8 Å². The highest BCUT2D eigenvalue weighted by Gasteiger charge is 2.12. The molecule has 0 aliphatic rings. The molecule has 0 amide bonds. The molecule has 0 saturated heterocycles. The molecule has 0 aromatic heterocycles. The molecule has 3 heteroatoms. The lowest BCUT2D eigenvalue weighted by Crippen LogP contribution is -2.23. The van der Waals surface area contributed by atoms with Crippen molar-refractivity contribution < 1.29 is 4.74 Å². The van der Waals surface area contributed by atoms with Crippen molar-refractivity contribution in [2.45, 2.75) is 24.5 Å². The Morgan fingerprint density at radius 3 is 2.14 bits per heavy atom. The first-order valence-electron chi connectivity index (χ1n) is 4.78. The SMILES string of the molecule is COc1ccc(SC[Si](C)(C)C)cc1. The third-order valence-corrected chi connectivity index (χ3v) is 6.38. The number of methoxy groups -OCH3 is 1. The molecule has 0 saturated carbocycles. The standard InChI is InChI=1S/C11H18OSSi/c1-12-10-5-7-11(8-6-10)13-9-14(2,3)4/h5-8H,9H2,1-4H3. The summed E-state index contributed by atoms with van der Waals surface area (Å²) in [5.74, 6) is 0.933. The van der Waals surface area contributed by atoms with Gasteiger partial charge in [0.05, 0.1) is 15.2 Å². The largest absolute Gasteiger partial charge is 0.497 e. The second kappa shape index (κ2) is 4.89. The minimum atomic E-state index is -0.930. The van der Waals surface area contributed by atoms with Gasteiger partial charge in [0, 0.05) is 4.90 Å². The fraction of sp³-hybridized carbons (Fsp3) is 0.455. The quantitative estimate of drug-likeness (QED) is 0.572. The van der Waals surface area contributed by atoms with Crippen LogP contribution in [0.3, 0.4) is 0 Å². The summed E-state index contributed by atoms with van der Waals surface area (Å²) in [6, 6.07) is 8.30. The van der Waals surface area contributed by atoms with Crippen LogP contribution in [-0.4, -0.2) is 20.6 Å². The smallest absolute Gasteiger partial charge is 0.118 e. The van der Waals surface area contributed by atoms with Gasteiger partial charge in [-0.25, -0.2) is 0 Å². The molecular formula is C11H18OSSi. The first-order valence-corrected chi connectivity index (χ1v) is 9.47. The van der Waals surface area contributed by atoms with E-state index in [0.717, 1.165) is 5.75 Å². The van der Waals surface area contributed by atoms with Gasteiger partial charge in [-0.05, 0) is 29.6 Å². The summed E-state index contributed by atoms with van der Waals surface area (Å²) in [4.78, 5) is 1.34. The lowest BCUT2D eigenvalue weighted by atomic mass is 10.3. The van der Waals surface area contributed by atoms with E-state index in [-0.39, 0.29) is 0 Å². The molecule has 78 valence electrons. The van der Waals surface area contributed by atoms with E-state index in [2.05, 4.69) is 31.8 Å². The molecule has 0 heterocycles. The normalized spacial score (nSPS) is 11.4. The molecule has 0 atom stereocenters. The molecule has 0 aliphatic heterocycles. The summed E-state index contributed by atoms with van der Waals surface area (Å²) in [5.41, 5.74) is 0. The predicted molar refractivity (Wildman–Crippen MR) is 67.1 cm³/mol. The zero-order chi connectivity index (χ0) is 10.6.